The summed E-state index contributed by atoms with van der Waals surface area (Å²) in [5.74, 6) is 5.06. The van der Waals surface area contributed by atoms with E-state index in [9.17, 15) is 0 Å². The summed E-state index contributed by atoms with van der Waals surface area (Å²) in [5.41, 5.74) is 62.8. The summed E-state index contributed by atoms with van der Waals surface area (Å²) in [6, 6.07) is 77.4. The first kappa shape index (κ1) is 77.1. The second kappa shape index (κ2) is 38.8. The number of ether oxygens (including phenoxy) is 8. The van der Waals surface area contributed by atoms with Gasteiger partial charge in [-0.1, -0.05) is 121 Å². The Bertz CT molecular complexity index is 4210. The fraction of sp³-hybridized carbons (Fsp3) is 0.236. The van der Waals surface area contributed by atoms with E-state index in [0.29, 0.717) is 177 Å². The Kier molecular flexibility index (Phi) is 27.4. The summed E-state index contributed by atoms with van der Waals surface area (Å²) < 4.78 is 56.5. The molecule has 0 aliphatic rings. The van der Waals surface area contributed by atoms with Crippen molar-refractivity contribution in [2.45, 2.75) is 31.6 Å². The van der Waals surface area contributed by atoms with Gasteiger partial charge in [-0.05, 0) is 115 Å². The van der Waals surface area contributed by atoms with E-state index in [4.69, 9.17) is 83.8 Å². The van der Waals surface area contributed by atoms with Crippen molar-refractivity contribution in [2.24, 2.45) is 45.9 Å². The van der Waals surface area contributed by atoms with E-state index in [1.807, 2.05) is 72.8 Å². The van der Waals surface area contributed by atoms with Gasteiger partial charge >= 0.3 is 0 Å². The van der Waals surface area contributed by atoms with E-state index in [2.05, 4.69) is 213 Å². The van der Waals surface area contributed by atoms with Crippen molar-refractivity contribution in [1.82, 2.24) is 0 Å². The van der Waals surface area contributed by atoms with E-state index in [0.717, 1.165) is 89.0 Å². The molecule has 0 fully saturated rings. The summed E-state index contributed by atoms with van der Waals surface area (Å²) in [4.78, 5) is 0. The summed E-state index contributed by atoms with van der Waals surface area (Å²) in [7, 11) is 0. The van der Waals surface area contributed by atoms with Crippen LogP contribution in [0, 0.1) is 0 Å². The minimum absolute atomic E-state index is 0.364. The molecule has 8 aromatic carbocycles. The van der Waals surface area contributed by atoms with Crippen LogP contribution in [0.2, 0.25) is 0 Å². The minimum atomic E-state index is -0.814. The Hall–Kier alpha value is -11.6. The van der Waals surface area contributed by atoms with Crippen LogP contribution in [0.1, 0.15) is 44.5 Å². The van der Waals surface area contributed by atoms with Gasteiger partial charge in [-0.3, -0.25) is 0 Å². The van der Waals surface area contributed by atoms with Crippen LogP contribution < -0.4 is 102 Å². The first-order valence-electron chi connectivity index (χ1n) is 37.2. The normalized spacial score (nSPS) is 11.3. The molecule has 0 aliphatic carbocycles. The Balaban J connectivity index is 0.892. The van der Waals surface area contributed by atoms with E-state index < -0.39 is 5.41 Å². The van der Waals surface area contributed by atoms with Gasteiger partial charge in [0, 0.05) is 123 Å². The lowest BCUT2D eigenvalue weighted by molar-refractivity contribution is -0.688. The van der Waals surface area contributed by atoms with Crippen molar-refractivity contribution >= 4 is 0 Å². The fourth-order valence-electron chi connectivity index (χ4n) is 13.3. The second-order valence-corrected chi connectivity index (χ2v) is 26.3. The van der Waals surface area contributed by atoms with Crippen molar-refractivity contribution in [3.8, 4) is 90.5 Å². The van der Waals surface area contributed by atoms with E-state index in [1.165, 1.54) is 0 Å². The van der Waals surface area contributed by atoms with Gasteiger partial charge in [0.2, 0.25) is 0 Å². The zero-order valence-electron chi connectivity index (χ0n) is 61.7. The molecule has 0 bridgehead atoms. The molecule has 20 nitrogen and oxygen atoms in total. The van der Waals surface area contributed by atoms with Crippen LogP contribution in [-0.2, 0) is 31.6 Å². The zero-order chi connectivity index (χ0) is 75.6. The molecule has 0 atom stereocenters. The summed E-state index contributed by atoms with van der Waals surface area (Å²) >= 11 is 0. The van der Waals surface area contributed by atoms with Gasteiger partial charge in [-0.15, -0.1) is 0 Å². The third-order valence-corrected chi connectivity index (χ3v) is 18.7. The van der Waals surface area contributed by atoms with Gasteiger partial charge in [-0.2, -0.15) is 0 Å². The molecule has 0 saturated carbocycles. The van der Waals surface area contributed by atoms with Gasteiger partial charge < -0.3 is 83.8 Å². The summed E-state index contributed by atoms with van der Waals surface area (Å²) in [6.45, 7) is 8.62. The molecule has 0 amide bonds. The molecular weight excluding hydrogens is 1370 g/mol. The molecule has 0 unspecified atom stereocenters. The number of aromatic nitrogens is 4. The molecule has 4 heterocycles. The molecule has 4 aromatic heterocycles. The summed E-state index contributed by atoms with van der Waals surface area (Å²) in [5, 5.41) is 0. The van der Waals surface area contributed by atoms with Crippen molar-refractivity contribution in [3.05, 3.63) is 312 Å². The standard InChI is InChI=1S/C89H100N12O8/c90-33-49-102-81-21-9-73(57-85(81)106-53-37-94)69-25-41-98(42-26-69)61-65-1-13-77(14-2-65)89(78-15-3-66(4-16-78)62-99-43-27-70(28-44-99)74-10-22-82(103-50-34-91)86(58-74)107-54-38-95,79-17-5-67(6-18-79)63-100-45-29-71(30-46-100)75-11-23-83(104-51-35-92)87(59-75)108-55-39-96)80-19-7-68(8-20-80)64-101-47-31-72(32-48-101)76-12-24-84(105-52-36-93)88(60-76)109-56-40-97/h1-32,41-48,57-60H,33-40,49-56,61-64,90-97H2/q+4. The van der Waals surface area contributed by atoms with E-state index >= 15 is 0 Å². The topological polar surface area (TPSA) is 298 Å². The van der Waals surface area contributed by atoms with Crippen molar-refractivity contribution in [3.63, 3.8) is 0 Å². The van der Waals surface area contributed by atoms with Crippen LogP contribution in [0.5, 0.6) is 46.0 Å². The number of hydrogen-bond donors (Lipinski definition) is 8. The lowest BCUT2D eigenvalue weighted by Gasteiger charge is -2.37. The first-order valence-corrected chi connectivity index (χ1v) is 37.2. The molecule has 12 aromatic rings. The van der Waals surface area contributed by atoms with Crippen LogP contribution in [0.4, 0.5) is 0 Å². The van der Waals surface area contributed by atoms with Crippen molar-refractivity contribution in [2.75, 3.05) is 105 Å². The van der Waals surface area contributed by atoms with Gasteiger partial charge in [0.25, 0.3) is 0 Å². The highest BCUT2D eigenvalue weighted by Gasteiger charge is 2.39. The maximum Gasteiger partial charge on any atom is 0.173 e. The maximum atomic E-state index is 6.02. The largest absolute Gasteiger partial charge is 0.488 e. The Labute approximate surface area is 638 Å². The number of benzene rings is 8. The van der Waals surface area contributed by atoms with Crippen LogP contribution in [0.15, 0.2) is 268 Å². The SMILES string of the molecule is NCCOc1ccc(-c2cc[n+](Cc3ccc(C(c4ccc(C[n+]5ccc(-c6ccc(OCCN)c(OCCN)c6)cc5)cc4)(c4ccc(C[n+]5ccc(-c6ccc(OCCN)c(OCCN)c6)cc5)cc4)c4ccc(C[n+]5ccc(-c6ccc(OCCN)c(OCCN)c6)cc5)cc4)cc3)cc2)cc1OCCN. The smallest absolute Gasteiger partial charge is 0.173 e. The van der Waals surface area contributed by atoms with Gasteiger partial charge in [0.15, 0.2) is 122 Å². The van der Waals surface area contributed by atoms with E-state index in [1.54, 1.807) is 0 Å². The molecule has 0 saturated heterocycles. The molecule has 109 heavy (non-hydrogen) atoms. The average molecular weight is 1470 g/mol. The minimum Gasteiger partial charge on any atom is -0.488 e. The predicted octanol–water partition coefficient (Wildman–Crippen LogP) is 8.78. The molecule has 0 spiro atoms. The van der Waals surface area contributed by atoms with Crippen molar-refractivity contribution in [1.29, 1.82) is 0 Å². The fourth-order valence-corrected chi connectivity index (χ4v) is 13.3. The molecular formula is C89H100N12O8+4. The zero-order valence-corrected chi connectivity index (χ0v) is 61.7. The van der Waals surface area contributed by atoms with Crippen LogP contribution >= 0.6 is 0 Å². The molecule has 0 aliphatic heterocycles. The van der Waals surface area contributed by atoms with Gasteiger partial charge in [-0.25, -0.2) is 18.3 Å². The third kappa shape index (κ3) is 19.8. The van der Waals surface area contributed by atoms with Gasteiger partial charge in [0.05, 0.1) is 5.41 Å². The quantitative estimate of drug-likeness (QED) is 0.0131. The number of nitrogens with two attached hydrogens (primary N) is 8. The number of pyridine rings is 4. The molecule has 20 heteroatoms. The van der Waals surface area contributed by atoms with Crippen molar-refractivity contribution < 1.29 is 56.2 Å². The molecule has 16 N–H and O–H groups in total. The number of nitrogens with zero attached hydrogens (tertiary/aromatic N) is 4. The monoisotopic (exact) mass is 1460 g/mol. The van der Waals surface area contributed by atoms with Crippen LogP contribution in [0.3, 0.4) is 0 Å². The van der Waals surface area contributed by atoms with Gasteiger partial charge in [0.1, 0.15) is 52.9 Å². The highest BCUT2D eigenvalue weighted by Crippen LogP contribution is 2.46. The lowest BCUT2D eigenvalue weighted by atomic mass is 9.65. The highest BCUT2D eigenvalue weighted by atomic mass is 16.5. The Morgan fingerprint density at radius 2 is 0.367 bits per heavy atom. The van der Waals surface area contributed by atoms with Crippen LogP contribution in [-0.4, -0.2) is 105 Å². The molecule has 12 rings (SSSR count). The third-order valence-electron chi connectivity index (χ3n) is 18.7. The summed E-state index contributed by atoms with van der Waals surface area (Å²) in [6.07, 6.45) is 16.9. The maximum absolute atomic E-state index is 6.02. The average Bonchev–Trinajstić information content (AvgIpc) is 0.730. The van der Waals surface area contributed by atoms with Crippen LogP contribution in [0.25, 0.3) is 44.5 Å². The number of hydrogen-bond acceptors (Lipinski definition) is 16. The Morgan fingerprint density at radius 3 is 0.541 bits per heavy atom. The highest BCUT2D eigenvalue weighted by molar-refractivity contribution is 5.70. The number of rotatable bonds is 40. The van der Waals surface area contributed by atoms with E-state index in [-0.39, 0.29) is 0 Å². The first-order chi connectivity index (χ1) is 53.6. The predicted molar refractivity (Wildman–Crippen MR) is 426 cm³/mol. The molecule has 0 radical (unpaired) electrons. The Morgan fingerprint density at radius 1 is 0.193 bits per heavy atom. The second-order valence-electron chi connectivity index (χ2n) is 26.3. The lowest BCUT2D eigenvalue weighted by Crippen LogP contribution is -2.35. The molecule has 560 valence electrons.